The molecule has 2 rings (SSSR count). The van der Waals surface area contributed by atoms with Gasteiger partial charge in [-0.1, -0.05) is 12.8 Å². The van der Waals surface area contributed by atoms with Crippen LogP contribution in [0.2, 0.25) is 0 Å². The first kappa shape index (κ1) is 15.2. The Balaban J connectivity index is 2.19. The van der Waals surface area contributed by atoms with Crippen LogP contribution in [0.4, 0.5) is 0 Å². The van der Waals surface area contributed by atoms with Crippen LogP contribution in [0.1, 0.15) is 43.0 Å². The number of phenols is 2. The molecule has 1 saturated carbocycles. The molecule has 1 aromatic carbocycles. The predicted molar refractivity (Wildman–Crippen MR) is 75.2 cm³/mol. The summed E-state index contributed by atoms with van der Waals surface area (Å²) >= 11 is 0. The average molecular weight is 293 g/mol. The Hall–Kier alpha value is -2.24. The highest BCUT2D eigenvalue weighted by atomic mass is 16.4. The van der Waals surface area contributed by atoms with E-state index in [1.165, 1.54) is 12.1 Å². The van der Waals surface area contributed by atoms with Crippen molar-refractivity contribution in [3.8, 4) is 11.5 Å². The van der Waals surface area contributed by atoms with E-state index in [1.54, 1.807) is 6.92 Å². The number of aliphatic carboxylic acids is 1. The van der Waals surface area contributed by atoms with E-state index in [0.29, 0.717) is 12.8 Å². The van der Waals surface area contributed by atoms with Crippen LogP contribution in [0.3, 0.4) is 0 Å². The van der Waals surface area contributed by atoms with Crippen LogP contribution in [0, 0.1) is 5.41 Å². The maximum Gasteiger partial charge on any atom is 0.311 e. The van der Waals surface area contributed by atoms with Crippen molar-refractivity contribution in [3.63, 3.8) is 0 Å². The molecular weight excluding hydrogens is 274 g/mol. The summed E-state index contributed by atoms with van der Waals surface area (Å²) in [6.07, 6.45) is 2.78. The molecule has 2 atom stereocenters. The van der Waals surface area contributed by atoms with Gasteiger partial charge in [0.1, 0.15) is 11.5 Å². The number of nitrogens with one attached hydrogen (secondary N) is 1. The second kappa shape index (κ2) is 5.63. The van der Waals surface area contributed by atoms with Gasteiger partial charge in [-0.2, -0.15) is 0 Å². The van der Waals surface area contributed by atoms with Gasteiger partial charge in [0.25, 0.3) is 5.91 Å². The number of carboxylic acid groups (broad SMARTS) is 1. The van der Waals surface area contributed by atoms with Crippen LogP contribution in [0.25, 0.3) is 0 Å². The van der Waals surface area contributed by atoms with Crippen molar-refractivity contribution in [2.24, 2.45) is 5.41 Å². The van der Waals surface area contributed by atoms with E-state index in [9.17, 15) is 24.9 Å². The summed E-state index contributed by atoms with van der Waals surface area (Å²) in [4.78, 5) is 23.7. The van der Waals surface area contributed by atoms with Crippen molar-refractivity contribution >= 4 is 11.9 Å². The molecule has 0 aromatic heterocycles. The molecule has 1 aliphatic carbocycles. The van der Waals surface area contributed by atoms with Crippen LogP contribution in [0.15, 0.2) is 18.2 Å². The fourth-order valence-corrected chi connectivity index (χ4v) is 2.77. The van der Waals surface area contributed by atoms with Gasteiger partial charge in [-0.15, -0.1) is 0 Å². The zero-order valence-corrected chi connectivity index (χ0v) is 11.8. The van der Waals surface area contributed by atoms with E-state index in [1.807, 2.05) is 0 Å². The molecule has 0 spiro atoms. The Bertz CT molecular complexity index is 571. The minimum absolute atomic E-state index is 0.0195. The molecule has 1 aromatic rings. The van der Waals surface area contributed by atoms with E-state index in [2.05, 4.69) is 5.32 Å². The standard InChI is InChI=1S/C15H19NO5/c1-15(14(20)21)7-3-2-4-12(15)16-13(19)10-6-5-9(17)8-11(10)18/h5-6,8,12,17-18H,2-4,7H2,1H3,(H,16,19)(H,20,21). The largest absolute Gasteiger partial charge is 0.508 e. The third kappa shape index (κ3) is 2.94. The summed E-state index contributed by atoms with van der Waals surface area (Å²) in [7, 11) is 0. The Labute approximate surface area is 122 Å². The lowest BCUT2D eigenvalue weighted by Gasteiger charge is -2.38. The molecule has 0 bridgehead atoms. The summed E-state index contributed by atoms with van der Waals surface area (Å²) in [5.41, 5.74) is -0.980. The normalized spacial score (nSPS) is 25.3. The van der Waals surface area contributed by atoms with Crippen molar-refractivity contribution < 1.29 is 24.9 Å². The lowest BCUT2D eigenvalue weighted by atomic mass is 9.71. The summed E-state index contributed by atoms with van der Waals surface area (Å²) in [6.45, 7) is 1.64. The molecule has 0 saturated heterocycles. The molecule has 0 heterocycles. The smallest absolute Gasteiger partial charge is 0.311 e. The van der Waals surface area contributed by atoms with Crippen molar-refractivity contribution in [3.05, 3.63) is 23.8 Å². The third-order valence-electron chi connectivity index (χ3n) is 4.23. The zero-order chi connectivity index (χ0) is 15.6. The number of benzene rings is 1. The molecule has 0 radical (unpaired) electrons. The van der Waals surface area contributed by atoms with E-state index < -0.39 is 23.3 Å². The third-order valence-corrected chi connectivity index (χ3v) is 4.23. The van der Waals surface area contributed by atoms with Crippen molar-refractivity contribution in [1.29, 1.82) is 0 Å². The number of amides is 1. The number of phenolic OH excluding ortho intramolecular Hbond substituents is 2. The second-order valence-corrected chi connectivity index (χ2v) is 5.70. The highest BCUT2D eigenvalue weighted by molar-refractivity contribution is 5.97. The zero-order valence-electron chi connectivity index (χ0n) is 11.8. The maximum absolute atomic E-state index is 12.2. The second-order valence-electron chi connectivity index (χ2n) is 5.70. The number of carbonyl (C=O) groups excluding carboxylic acids is 1. The van der Waals surface area contributed by atoms with Crippen LogP contribution < -0.4 is 5.32 Å². The Morgan fingerprint density at radius 1 is 1.29 bits per heavy atom. The SMILES string of the molecule is CC1(C(=O)O)CCCCC1NC(=O)c1ccc(O)cc1O. The Morgan fingerprint density at radius 3 is 2.62 bits per heavy atom. The molecule has 6 heteroatoms. The summed E-state index contributed by atoms with van der Waals surface area (Å²) in [5.74, 6) is -1.94. The summed E-state index contributed by atoms with van der Waals surface area (Å²) < 4.78 is 0. The van der Waals surface area contributed by atoms with Crippen LogP contribution in [0.5, 0.6) is 11.5 Å². The first-order chi connectivity index (χ1) is 9.84. The number of hydrogen-bond donors (Lipinski definition) is 4. The van der Waals surface area contributed by atoms with E-state index >= 15 is 0 Å². The van der Waals surface area contributed by atoms with Gasteiger partial charge in [0, 0.05) is 12.1 Å². The molecule has 4 N–H and O–H groups in total. The molecule has 2 unspecified atom stereocenters. The van der Waals surface area contributed by atoms with E-state index in [0.717, 1.165) is 18.9 Å². The van der Waals surface area contributed by atoms with Gasteiger partial charge in [0.05, 0.1) is 11.0 Å². The summed E-state index contributed by atoms with van der Waals surface area (Å²) in [5, 5.41) is 31.0. The van der Waals surface area contributed by atoms with Gasteiger partial charge in [0.15, 0.2) is 0 Å². The molecule has 21 heavy (non-hydrogen) atoms. The molecule has 1 fully saturated rings. The highest BCUT2D eigenvalue weighted by Gasteiger charge is 2.44. The average Bonchev–Trinajstić information content (AvgIpc) is 2.41. The highest BCUT2D eigenvalue weighted by Crippen LogP contribution is 2.36. The number of aromatic hydroxyl groups is 2. The van der Waals surface area contributed by atoms with Gasteiger partial charge in [-0.25, -0.2) is 0 Å². The number of hydrogen-bond acceptors (Lipinski definition) is 4. The Kier molecular flexibility index (Phi) is 4.06. The van der Waals surface area contributed by atoms with Crippen molar-refractivity contribution in [2.75, 3.05) is 0 Å². The minimum Gasteiger partial charge on any atom is -0.508 e. The van der Waals surface area contributed by atoms with Crippen molar-refractivity contribution in [1.82, 2.24) is 5.32 Å². The Morgan fingerprint density at radius 2 is 2.00 bits per heavy atom. The number of carbonyl (C=O) groups is 2. The van der Waals surface area contributed by atoms with Gasteiger partial charge < -0.3 is 20.6 Å². The number of rotatable bonds is 3. The van der Waals surface area contributed by atoms with Gasteiger partial charge in [-0.05, 0) is 31.9 Å². The van der Waals surface area contributed by atoms with Gasteiger partial charge in [-0.3, -0.25) is 9.59 Å². The molecule has 1 amide bonds. The van der Waals surface area contributed by atoms with Crippen molar-refractivity contribution in [2.45, 2.75) is 38.6 Å². The van der Waals surface area contributed by atoms with Gasteiger partial charge in [0.2, 0.25) is 0 Å². The quantitative estimate of drug-likeness (QED) is 0.680. The fraction of sp³-hybridized carbons (Fsp3) is 0.467. The lowest BCUT2D eigenvalue weighted by molar-refractivity contribution is -0.151. The monoisotopic (exact) mass is 293 g/mol. The first-order valence-electron chi connectivity index (χ1n) is 6.91. The van der Waals surface area contributed by atoms with Crippen LogP contribution >= 0.6 is 0 Å². The topological polar surface area (TPSA) is 107 Å². The van der Waals surface area contributed by atoms with Gasteiger partial charge >= 0.3 is 5.97 Å². The summed E-state index contributed by atoms with van der Waals surface area (Å²) in [6, 6.07) is 3.20. The van der Waals surface area contributed by atoms with E-state index in [-0.39, 0.29) is 17.1 Å². The fourth-order valence-electron chi connectivity index (χ4n) is 2.77. The maximum atomic E-state index is 12.2. The predicted octanol–water partition coefficient (Wildman–Crippen LogP) is 1.86. The molecule has 6 nitrogen and oxygen atoms in total. The molecular formula is C15H19NO5. The molecule has 1 aliphatic rings. The van der Waals surface area contributed by atoms with Crippen LogP contribution in [-0.4, -0.2) is 33.2 Å². The van der Waals surface area contributed by atoms with E-state index in [4.69, 9.17) is 0 Å². The molecule has 0 aliphatic heterocycles. The first-order valence-corrected chi connectivity index (χ1v) is 6.91. The molecule has 114 valence electrons. The minimum atomic E-state index is -1.000. The lowest BCUT2D eigenvalue weighted by Crippen LogP contribution is -2.52. The number of carboxylic acids is 1. The van der Waals surface area contributed by atoms with Crippen LogP contribution in [-0.2, 0) is 4.79 Å².